The molecule has 0 aliphatic heterocycles. The molecule has 9 heteroatoms. The molecule has 0 aliphatic rings. The van der Waals surface area contributed by atoms with Crippen molar-refractivity contribution >= 4 is 40.9 Å². The zero-order valence-corrected chi connectivity index (χ0v) is 21.8. The Kier molecular flexibility index (Phi) is 8.89. The van der Waals surface area contributed by atoms with E-state index < -0.39 is 25.0 Å². The highest BCUT2D eigenvalue weighted by Crippen LogP contribution is 2.48. The van der Waals surface area contributed by atoms with Gasteiger partial charge < -0.3 is 14.0 Å². The minimum absolute atomic E-state index is 0.0222. The summed E-state index contributed by atoms with van der Waals surface area (Å²) in [6, 6.07) is 16.1. The smallest absolute Gasteiger partial charge is 0.348 e. The average molecular weight is 516 g/mol. The highest BCUT2D eigenvalue weighted by Gasteiger charge is 2.39. The number of hydrogen-bond acceptors (Lipinski definition) is 7. The van der Waals surface area contributed by atoms with Gasteiger partial charge in [0, 0.05) is 4.70 Å². The summed E-state index contributed by atoms with van der Waals surface area (Å²) in [6.07, 6.45) is 2.22. The van der Waals surface area contributed by atoms with Crippen LogP contribution in [0.1, 0.15) is 42.4 Å². The van der Waals surface area contributed by atoms with Crippen LogP contribution in [0.4, 0.5) is 0 Å². The fraction of sp³-hybridized carbons (Fsp3) is 0.308. The lowest BCUT2D eigenvalue weighted by Crippen LogP contribution is -2.47. The highest BCUT2D eigenvalue weighted by atomic mass is 32.1. The fourth-order valence-electron chi connectivity index (χ4n) is 3.33. The Morgan fingerprint density at radius 1 is 1.11 bits per heavy atom. The lowest BCUT2D eigenvalue weighted by Gasteiger charge is -2.30. The molecule has 186 valence electrons. The number of fused-ring (bicyclic) bond motifs is 1. The minimum Gasteiger partial charge on any atom is -0.464 e. The van der Waals surface area contributed by atoms with Gasteiger partial charge in [0.05, 0.1) is 12.8 Å². The maximum atomic E-state index is 14.1. The van der Waals surface area contributed by atoms with Gasteiger partial charge in [-0.3, -0.25) is 9.36 Å². The van der Waals surface area contributed by atoms with Crippen molar-refractivity contribution in [1.82, 2.24) is 5.09 Å². The quantitative estimate of drug-likeness (QED) is 0.171. The standard InChI is InChI=1S/C26H30NO6PS/c1-5-14-31-24(28)23-17-20-16-19(12-13-22(20)35-23)18-34(30,33-21-10-8-7-9-11-21)27-26(3,4)25(29)32-15-6-2/h5,7-13,16-17H,1,6,14-15,18H2,2-4H3,(H,27,30). The largest absolute Gasteiger partial charge is 0.464 e. The van der Waals surface area contributed by atoms with Crippen LogP contribution in [0.25, 0.3) is 10.1 Å². The van der Waals surface area contributed by atoms with Crippen LogP contribution in [0.15, 0.2) is 67.3 Å². The van der Waals surface area contributed by atoms with Crippen molar-refractivity contribution in [2.75, 3.05) is 13.2 Å². The van der Waals surface area contributed by atoms with Gasteiger partial charge in [0.2, 0.25) is 0 Å². The van der Waals surface area contributed by atoms with E-state index in [2.05, 4.69) is 11.7 Å². The monoisotopic (exact) mass is 515 g/mol. The molecular formula is C26H30NO6PS. The van der Waals surface area contributed by atoms with E-state index in [9.17, 15) is 14.2 Å². The molecular weight excluding hydrogens is 485 g/mol. The number of benzene rings is 2. The van der Waals surface area contributed by atoms with Crippen LogP contribution < -0.4 is 9.61 Å². The first-order valence-corrected chi connectivity index (χ1v) is 13.9. The van der Waals surface area contributed by atoms with Crippen molar-refractivity contribution in [3.63, 3.8) is 0 Å². The van der Waals surface area contributed by atoms with Crippen molar-refractivity contribution < 1.29 is 28.2 Å². The van der Waals surface area contributed by atoms with E-state index in [1.165, 1.54) is 17.4 Å². The van der Waals surface area contributed by atoms with Gasteiger partial charge in [-0.2, -0.15) is 0 Å². The predicted molar refractivity (Wildman–Crippen MR) is 139 cm³/mol. The maximum absolute atomic E-state index is 14.1. The van der Waals surface area contributed by atoms with Crippen molar-refractivity contribution in [1.29, 1.82) is 0 Å². The molecule has 2 aromatic carbocycles. The van der Waals surface area contributed by atoms with Crippen LogP contribution in [0.5, 0.6) is 5.75 Å². The Labute approximate surface area is 209 Å². The topological polar surface area (TPSA) is 90.9 Å². The van der Waals surface area contributed by atoms with Gasteiger partial charge in [-0.25, -0.2) is 9.88 Å². The van der Waals surface area contributed by atoms with E-state index in [1.807, 2.05) is 31.2 Å². The van der Waals surface area contributed by atoms with Crippen molar-refractivity contribution in [3.05, 3.63) is 77.7 Å². The lowest BCUT2D eigenvalue weighted by molar-refractivity contribution is -0.149. The zero-order chi connectivity index (χ0) is 25.5. The van der Waals surface area contributed by atoms with Gasteiger partial charge in [-0.1, -0.05) is 43.8 Å². The van der Waals surface area contributed by atoms with E-state index in [1.54, 1.807) is 44.2 Å². The molecule has 1 unspecified atom stereocenters. The molecule has 1 aromatic heterocycles. The second-order valence-electron chi connectivity index (χ2n) is 8.48. The number of carbonyl (C=O) groups is 2. The van der Waals surface area contributed by atoms with E-state index in [4.69, 9.17) is 14.0 Å². The summed E-state index contributed by atoms with van der Waals surface area (Å²) in [5, 5.41) is 3.77. The minimum atomic E-state index is -3.63. The Hall–Kier alpha value is -2.93. The molecule has 0 radical (unpaired) electrons. The Balaban J connectivity index is 1.88. The van der Waals surface area contributed by atoms with Gasteiger partial charge in [0.25, 0.3) is 0 Å². The van der Waals surface area contributed by atoms with E-state index in [-0.39, 0.29) is 19.4 Å². The third-order valence-corrected chi connectivity index (χ3v) is 8.18. The van der Waals surface area contributed by atoms with Crippen molar-refractivity contribution in [2.24, 2.45) is 0 Å². The van der Waals surface area contributed by atoms with Gasteiger partial charge in [-0.15, -0.1) is 11.3 Å². The normalized spacial score (nSPS) is 13.1. The van der Waals surface area contributed by atoms with Gasteiger partial charge in [-0.05, 0) is 61.5 Å². The molecule has 0 aliphatic carbocycles. The molecule has 7 nitrogen and oxygen atoms in total. The average Bonchev–Trinajstić information content (AvgIpc) is 3.24. The molecule has 1 N–H and O–H groups in total. The molecule has 1 atom stereocenters. The summed E-state index contributed by atoms with van der Waals surface area (Å²) >= 11 is 1.32. The molecule has 1 heterocycles. The molecule has 3 rings (SSSR count). The van der Waals surface area contributed by atoms with E-state index in [0.29, 0.717) is 17.0 Å². The second kappa shape index (κ2) is 11.7. The van der Waals surface area contributed by atoms with Crippen LogP contribution in [0.3, 0.4) is 0 Å². The summed E-state index contributed by atoms with van der Waals surface area (Å²) in [5.41, 5.74) is -0.514. The van der Waals surface area contributed by atoms with Crippen molar-refractivity contribution in [2.45, 2.75) is 38.9 Å². The summed E-state index contributed by atoms with van der Waals surface area (Å²) in [7, 11) is -3.63. The third kappa shape index (κ3) is 7.28. The number of para-hydroxylation sites is 1. The molecule has 0 saturated heterocycles. The molecule has 0 amide bonds. The van der Waals surface area contributed by atoms with Crippen LogP contribution in [-0.4, -0.2) is 30.7 Å². The number of hydrogen-bond donors (Lipinski definition) is 1. The number of thiophene rings is 1. The number of rotatable bonds is 12. The number of nitrogens with one attached hydrogen (secondary N) is 1. The predicted octanol–water partition coefficient (Wildman–Crippen LogP) is 6.34. The molecule has 0 bridgehead atoms. The van der Waals surface area contributed by atoms with Crippen LogP contribution in [-0.2, 0) is 25.0 Å². The van der Waals surface area contributed by atoms with Crippen LogP contribution >= 0.6 is 18.9 Å². The molecule has 35 heavy (non-hydrogen) atoms. The second-order valence-corrected chi connectivity index (χ2v) is 11.6. The first-order valence-electron chi connectivity index (χ1n) is 11.3. The van der Waals surface area contributed by atoms with E-state index in [0.717, 1.165) is 15.6 Å². The molecule has 0 spiro atoms. The molecule has 3 aromatic rings. The summed E-state index contributed by atoms with van der Waals surface area (Å²) in [5.74, 6) is -0.503. The summed E-state index contributed by atoms with van der Waals surface area (Å²) in [4.78, 5) is 25.3. The Morgan fingerprint density at radius 2 is 1.86 bits per heavy atom. The number of carbonyl (C=O) groups excluding carboxylic acids is 2. The van der Waals surface area contributed by atoms with Gasteiger partial charge >= 0.3 is 19.5 Å². The van der Waals surface area contributed by atoms with Crippen LogP contribution in [0.2, 0.25) is 0 Å². The van der Waals surface area contributed by atoms with Crippen LogP contribution in [0, 0.1) is 0 Å². The lowest BCUT2D eigenvalue weighted by atomic mass is 10.1. The maximum Gasteiger partial charge on any atom is 0.348 e. The summed E-state index contributed by atoms with van der Waals surface area (Å²) < 4.78 is 31.4. The Bertz CT molecular complexity index is 1240. The number of esters is 2. The summed E-state index contributed by atoms with van der Waals surface area (Å²) in [6.45, 7) is 9.11. The molecule has 0 saturated carbocycles. The number of ether oxygens (including phenoxy) is 2. The van der Waals surface area contributed by atoms with Gasteiger partial charge in [0.1, 0.15) is 22.8 Å². The van der Waals surface area contributed by atoms with Gasteiger partial charge in [0.15, 0.2) is 0 Å². The fourth-order valence-corrected chi connectivity index (χ4v) is 6.54. The first kappa shape index (κ1) is 26.7. The zero-order valence-electron chi connectivity index (χ0n) is 20.1. The Morgan fingerprint density at radius 3 is 2.54 bits per heavy atom. The van der Waals surface area contributed by atoms with E-state index >= 15 is 0 Å². The third-order valence-electron chi connectivity index (χ3n) is 4.90. The SMILES string of the molecule is C=CCOC(=O)c1cc2cc(CP(=O)(NC(C)(C)C(=O)OCCC)Oc3ccccc3)ccc2s1. The highest BCUT2D eigenvalue weighted by molar-refractivity contribution is 7.56. The van der Waals surface area contributed by atoms with Crippen molar-refractivity contribution in [3.8, 4) is 5.75 Å². The first-order chi connectivity index (χ1) is 16.7. The molecule has 0 fully saturated rings.